The number of nitrogens with zero attached hydrogens (tertiary/aromatic N) is 3. The summed E-state index contributed by atoms with van der Waals surface area (Å²) in [5.41, 5.74) is 2.09. The topological polar surface area (TPSA) is 75.2 Å². The standard InChI is InChI=1S/C20H31N5O2/c1-20(2,3)25-18(26)9-16(12-22-11-15-5-6-21-10-15)19(25)17-13-23-24(14-17)7-8-27-4/h5-6,10,13-14,16,19,21-22H,7-9,11-12H2,1-4H3/t16-,19+/m0/s1. The summed E-state index contributed by atoms with van der Waals surface area (Å²) in [4.78, 5) is 17.9. The van der Waals surface area contributed by atoms with E-state index in [0.717, 1.165) is 18.7 Å². The van der Waals surface area contributed by atoms with Crippen molar-refractivity contribution in [1.29, 1.82) is 0 Å². The number of hydrogen-bond acceptors (Lipinski definition) is 4. The second kappa shape index (κ2) is 8.27. The number of rotatable bonds is 8. The quantitative estimate of drug-likeness (QED) is 0.745. The summed E-state index contributed by atoms with van der Waals surface area (Å²) >= 11 is 0. The van der Waals surface area contributed by atoms with Crippen molar-refractivity contribution < 1.29 is 9.53 Å². The highest BCUT2D eigenvalue weighted by Gasteiger charge is 2.45. The molecule has 0 aromatic carbocycles. The monoisotopic (exact) mass is 373 g/mol. The molecule has 0 unspecified atom stereocenters. The molecular weight excluding hydrogens is 342 g/mol. The van der Waals surface area contributed by atoms with Gasteiger partial charge in [-0.25, -0.2) is 0 Å². The first-order valence-electron chi connectivity index (χ1n) is 9.56. The van der Waals surface area contributed by atoms with Crippen LogP contribution in [0.15, 0.2) is 30.9 Å². The number of H-pyrrole nitrogens is 1. The van der Waals surface area contributed by atoms with Gasteiger partial charge in [-0.3, -0.25) is 9.48 Å². The van der Waals surface area contributed by atoms with Crippen molar-refractivity contribution in [3.8, 4) is 0 Å². The Bertz CT molecular complexity index is 732. The summed E-state index contributed by atoms with van der Waals surface area (Å²) in [6.45, 7) is 9.22. The molecule has 1 aliphatic heterocycles. The van der Waals surface area contributed by atoms with Gasteiger partial charge in [-0.05, 0) is 32.4 Å². The number of aromatic nitrogens is 3. The van der Waals surface area contributed by atoms with Gasteiger partial charge in [0.25, 0.3) is 0 Å². The zero-order valence-electron chi connectivity index (χ0n) is 16.7. The Hall–Kier alpha value is -2.12. The van der Waals surface area contributed by atoms with Gasteiger partial charge in [0.1, 0.15) is 0 Å². The van der Waals surface area contributed by atoms with Crippen molar-refractivity contribution >= 4 is 5.91 Å². The van der Waals surface area contributed by atoms with Crippen LogP contribution in [0.25, 0.3) is 0 Å². The van der Waals surface area contributed by atoms with Gasteiger partial charge in [0, 0.05) is 62.2 Å². The van der Waals surface area contributed by atoms with Crippen LogP contribution in [0.4, 0.5) is 0 Å². The van der Waals surface area contributed by atoms with Crippen LogP contribution in [-0.2, 0) is 22.6 Å². The minimum atomic E-state index is -0.230. The third kappa shape index (κ3) is 4.59. The number of amides is 1. The van der Waals surface area contributed by atoms with Crippen molar-refractivity contribution in [3.63, 3.8) is 0 Å². The zero-order chi connectivity index (χ0) is 19.4. The smallest absolute Gasteiger partial charge is 0.223 e. The van der Waals surface area contributed by atoms with Crippen molar-refractivity contribution in [2.75, 3.05) is 20.3 Å². The van der Waals surface area contributed by atoms with Crippen molar-refractivity contribution in [3.05, 3.63) is 42.0 Å². The summed E-state index contributed by atoms with van der Waals surface area (Å²) in [6.07, 6.45) is 8.43. The molecule has 2 aromatic rings. The van der Waals surface area contributed by atoms with E-state index in [1.807, 2.05) is 28.2 Å². The molecule has 148 valence electrons. The third-order valence-corrected chi connectivity index (χ3v) is 5.07. The maximum absolute atomic E-state index is 12.8. The Morgan fingerprint density at radius 2 is 2.22 bits per heavy atom. The predicted molar refractivity (Wildman–Crippen MR) is 104 cm³/mol. The number of aromatic amines is 1. The van der Waals surface area contributed by atoms with Crippen LogP contribution < -0.4 is 5.32 Å². The summed E-state index contributed by atoms with van der Waals surface area (Å²) in [6, 6.07) is 2.10. The maximum atomic E-state index is 12.8. The number of carbonyl (C=O) groups excluding carboxylic acids is 1. The minimum Gasteiger partial charge on any atom is -0.383 e. The van der Waals surface area contributed by atoms with Gasteiger partial charge in [-0.1, -0.05) is 0 Å². The first kappa shape index (κ1) is 19.6. The Balaban J connectivity index is 1.76. The van der Waals surface area contributed by atoms with Gasteiger partial charge in [-0.2, -0.15) is 5.10 Å². The fourth-order valence-corrected chi connectivity index (χ4v) is 3.91. The van der Waals surface area contributed by atoms with Crippen LogP contribution >= 0.6 is 0 Å². The molecule has 7 heteroatoms. The lowest BCUT2D eigenvalue weighted by Gasteiger charge is -2.38. The number of nitrogens with one attached hydrogen (secondary N) is 2. The summed E-state index contributed by atoms with van der Waals surface area (Å²) in [5.74, 6) is 0.432. The van der Waals surface area contributed by atoms with Crippen molar-refractivity contribution in [2.45, 2.75) is 51.9 Å². The molecular formula is C20H31N5O2. The van der Waals surface area contributed by atoms with Crippen LogP contribution in [0.1, 0.15) is 44.4 Å². The van der Waals surface area contributed by atoms with E-state index in [2.05, 4.69) is 48.4 Å². The first-order chi connectivity index (χ1) is 12.9. The first-order valence-corrected chi connectivity index (χ1v) is 9.56. The molecule has 2 atom stereocenters. The van der Waals surface area contributed by atoms with Gasteiger partial charge in [0.05, 0.1) is 25.4 Å². The molecule has 1 aliphatic rings. The molecule has 27 heavy (non-hydrogen) atoms. The summed E-state index contributed by atoms with van der Waals surface area (Å²) in [5, 5.41) is 7.99. The average Bonchev–Trinajstić information content (AvgIpc) is 3.32. The van der Waals surface area contributed by atoms with E-state index < -0.39 is 0 Å². The number of methoxy groups -OCH3 is 1. The van der Waals surface area contributed by atoms with Gasteiger partial charge in [-0.15, -0.1) is 0 Å². The van der Waals surface area contributed by atoms with E-state index in [4.69, 9.17) is 4.74 Å². The SMILES string of the molecule is COCCn1cc([C@H]2[C@H](CNCc3cc[nH]c3)CC(=O)N2C(C)(C)C)cn1. The molecule has 1 amide bonds. The summed E-state index contributed by atoms with van der Waals surface area (Å²) in [7, 11) is 1.69. The molecule has 1 saturated heterocycles. The van der Waals surface area contributed by atoms with Crippen molar-refractivity contribution in [2.24, 2.45) is 5.92 Å². The molecule has 0 bridgehead atoms. The van der Waals surface area contributed by atoms with Gasteiger partial charge in [0.2, 0.25) is 5.91 Å². The Morgan fingerprint density at radius 3 is 2.89 bits per heavy atom. The van der Waals surface area contributed by atoms with E-state index in [1.165, 1.54) is 5.56 Å². The summed E-state index contributed by atoms with van der Waals surface area (Å²) < 4.78 is 7.04. The Morgan fingerprint density at radius 1 is 1.41 bits per heavy atom. The largest absolute Gasteiger partial charge is 0.383 e. The molecule has 2 aromatic heterocycles. The maximum Gasteiger partial charge on any atom is 0.223 e. The lowest BCUT2D eigenvalue weighted by molar-refractivity contribution is -0.133. The number of ether oxygens (including phenoxy) is 1. The van der Waals surface area contributed by atoms with Gasteiger partial charge >= 0.3 is 0 Å². The third-order valence-electron chi connectivity index (χ3n) is 5.07. The minimum absolute atomic E-state index is 0.0347. The molecule has 0 radical (unpaired) electrons. The molecule has 0 aliphatic carbocycles. The van der Waals surface area contributed by atoms with E-state index in [1.54, 1.807) is 7.11 Å². The van der Waals surface area contributed by atoms with Crippen molar-refractivity contribution in [1.82, 2.24) is 25.0 Å². The van der Waals surface area contributed by atoms with Crippen LogP contribution in [0.3, 0.4) is 0 Å². The van der Waals surface area contributed by atoms with E-state index >= 15 is 0 Å². The normalized spacial score (nSPS) is 20.6. The van der Waals surface area contributed by atoms with E-state index in [-0.39, 0.29) is 23.4 Å². The fraction of sp³-hybridized carbons (Fsp3) is 0.600. The van der Waals surface area contributed by atoms with E-state index in [9.17, 15) is 4.79 Å². The molecule has 7 nitrogen and oxygen atoms in total. The Labute approximate surface area is 161 Å². The molecule has 0 spiro atoms. The molecule has 1 fully saturated rings. The fourth-order valence-electron chi connectivity index (χ4n) is 3.91. The zero-order valence-corrected chi connectivity index (χ0v) is 16.7. The molecule has 3 heterocycles. The average molecular weight is 374 g/mol. The highest BCUT2D eigenvalue weighted by molar-refractivity contribution is 5.80. The lowest BCUT2D eigenvalue weighted by Crippen LogP contribution is -2.44. The van der Waals surface area contributed by atoms with Crippen LogP contribution in [0.5, 0.6) is 0 Å². The number of likely N-dealkylation sites (tertiary alicyclic amines) is 1. The molecule has 3 rings (SSSR count). The number of hydrogen-bond donors (Lipinski definition) is 2. The second-order valence-electron chi connectivity index (χ2n) is 8.22. The van der Waals surface area contributed by atoms with Crippen LogP contribution in [-0.4, -0.2) is 51.4 Å². The Kier molecular flexibility index (Phi) is 6.01. The van der Waals surface area contributed by atoms with Gasteiger partial charge < -0.3 is 19.9 Å². The number of carbonyl (C=O) groups is 1. The predicted octanol–water partition coefficient (Wildman–Crippen LogP) is 2.34. The highest BCUT2D eigenvalue weighted by atomic mass is 16.5. The molecule has 0 saturated carbocycles. The van der Waals surface area contributed by atoms with Crippen LogP contribution in [0.2, 0.25) is 0 Å². The van der Waals surface area contributed by atoms with Crippen LogP contribution in [0, 0.1) is 5.92 Å². The highest BCUT2D eigenvalue weighted by Crippen LogP contribution is 2.42. The molecule has 2 N–H and O–H groups in total. The van der Waals surface area contributed by atoms with Gasteiger partial charge in [0.15, 0.2) is 0 Å². The second-order valence-corrected chi connectivity index (χ2v) is 8.22. The lowest BCUT2D eigenvalue weighted by atomic mass is 9.93. The van der Waals surface area contributed by atoms with E-state index in [0.29, 0.717) is 19.6 Å².